The van der Waals surface area contributed by atoms with Crippen molar-refractivity contribution in [3.63, 3.8) is 0 Å². The van der Waals surface area contributed by atoms with Gasteiger partial charge < -0.3 is 19.7 Å². The van der Waals surface area contributed by atoms with Crippen LogP contribution in [-0.4, -0.2) is 40.2 Å². The number of nitrogens with one attached hydrogen (secondary N) is 1. The summed E-state index contributed by atoms with van der Waals surface area (Å²) in [5.41, 5.74) is 1.89. The van der Waals surface area contributed by atoms with Crippen LogP contribution in [0.4, 0.5) is 5.13 Å². The predicted molar refractivity (Wildman–Crippen MR) is 140 cm³/mol. The zero-order valence-electron chi connectivity index (χ0n) is 20.7. The highest BCUT2D eigenvalue weighted by atomic mass is 32.1. The number of fused-ring (bicyclic) bond motifs is 1. The Morgan fingerprint density at radius 3 is 2.64 bits per heavy atom. The van der Waals surface area contributed by atoms with Gasteiger partial charge in [-0.3, -0.25) is 9.59 Å². The first-order valence-corrected chi connectivity index (χ1v) is 13.2. The number of carbonyl (C=O) groups excluding carboxylic acids is 2. The molecule has 36 heavy (non-hydrogen) atoms. The third-order valence-electron chi connectivity index (χ3n) is 6.18. The summed E-state index contributed by atoms with van der Waals surface area (Å²) in [5.74, 6) is 1.25. The van der Waals surface area contributed by atoms with Crippen LogP contribution in [0.5, 0.6) is 11.5 Å². The zero-order chi connectivity index (χ0) is 25.3. The van der Waals surface area contributed by atoms with Crippen LogP contribution in [0.3, 0.4) is 0 Å². The van der Waals surface area contributed by atoms with E-state index in [9.17, 15) is 9.59 Å². The van der Waals surface area contributed by atoms with Gasteiger partial charge in [-0.2, -0.15) is 0 Å². The first-order valence-electron chi connectivity index (χ1n) is 12.4. The highest BCUT2D eigenvalue weighted by Crippen LogP contribution is 2.37. The number of aromatic nitrogens is 2. The molecule has 1 N–H and O–H groups in total. The lowest BCUT2D eigenvalue weighted by Crippen LogP contribution is -2.36. The minimum absolute atomic E-state index is 0.0799. The molecule has 0 unspecified atom stereocenters. The lowest BCUT2D eigenvalue weighted by atomic mass is 10.1. The number of nitrogens with zero attached hydrogens (tertiary/aromatic N) is 3. The quantitative estimate of drug-likeness (QED) is 0.310. The third-order valence-corrected chi connectivity index (χ3v) is 7.07. The van der Waals surface area contributed by atoms with E-state index in [1.807, 2.05) is 60.4 Å². The fourth-order valence-corrected chi connectivity index (χ4v) is 4.87. The topological polar surface area (TPSA) is 93.7 Å². The van der Waals surface area contributed by atoms with E-state index < -0.39 is 0 Å². The van der Waals surface area contributed by atoms with Gasteiger partial charge in [-0.1, -0.05) is 67.9 Å². The van der Waals surface area contributed by atoms with Gasteiger partial charge in [0.1, 0.15) is 5.01 Å². The third kappa shape index (κ3) is 6.60. The molecule has 1 atom stereocenters. The van der Waals surface area contributed by atoms with Crippen LogP contribution < -0.4 is 14.8 Å². The van der Waals surface area contributed by atoms with Crippen LogP contribution in [-0.2, 0) is 9.59 Å². The minimum Gasteiger partial charge on any atom is -0.454 e. The fourth-order valence-electron chi connectivity index (χ4n) is 4.12. The molecule has 0 fully saturated rings. The van der Waals surface area contributed by atoms with Crippen molar-refractivity contribution in [1.82, 2.24) is 15.1 Å². The van der Waals surface area contributed by atoms with Gasteiger partial charge in [0, 0.05) is 24.9 Å². The van der Waals surface area contributed by atoms with Gasteiger partial charge in [0.05, 0.1) is 6.04 Å². The molecule has 1 aromatic heterocycles. The smallest absolute Gasteiger partial charge is 0.231 e. The second kappa shape index (κ2) is 12.5. The van der Waals surface area contributed by atoms with Crippen molar-refractivity contribution in [2.75, 3.05) is 18.7 Å². The lowest BCUT2D eigenvalue weighted by Gasteiger charge is -2.29. The Labute approximate surface area is 215 Å². The molecule has 3 aromatic rings. The van der Waals surface area contributed by atoms with Crippen LogP contribution >= 0.6 is 11.3 Å². The van der Waals surface area contributed by atoms with Gasteiger partial charge in [-0.25, -0.2) is 0 Å². The molecule has 0 saturated heterocycles. The predicted octanol–water partition coefficient (Wildman–Crippen LogP) is 5.82. The molecule has 2 heterocycles. The van der Waals surface area contributed by atoms with E-state index in [2.05, 4.69) is 22.4 Å². The second-order valence-electron chi connectivity index (χ2n) is 8.76. The molecule has 1 aliphatic rings. The monoisotopic (exact) mass is 508 g/mol. The van der Waals surface area contributed by atoms with Gasteiger partial charge in [0.2, 0.25) is 23.7 Å². The Hall–Kier alpha value is -3.46. The number of hydrogen-bond acceptors (Lipinski definition) is 7. The Morgan fingerprint density at radius 1 is 1.03 bits per heavy atom. The number of carbonyl (C=O) groups is 2. The maximum Gasteiger partial charge on any atom is 0.231 e. The van der Waals surface area contributed by atoms with Crippen molar-refractivity contribution in [3.05, 3.63) is 54.1 Å². The van der Waals surface area contributed by atoms with Crippen molar-refractivity contribution in [3.8, 4) is 22.1 Å². The molecule has 8 nitrogen and oxygen atoms in total. The maximum atomic E-state index is 13.1. The molecule has 0 bridgehead atoms. The maximum absolute atomic E-state index is 13.1. The SMILES string of the molecule is CCCCCCC(=O)N(CCC(=O)Nc1nnc(-c2ccc3c(c2)OCO3)s1)[C@@H](C)c1ccccc1. The first kappa shape index (κ1) is 25.6. The largest absolute Gasteiger partial charge is 0.454 e. The van der Waals surface area contributed by atoms with E-state index in [4.69, 9.17) is 9.47 Å². The van der Waals surface area contributed by atoms with Crippen molar-refractivity contribution in [1.29, 1.82) is 0 Å². The molecule has 0 aliphatic carbocycles. The zero-order valence-corrected chi connectivity index (χ0v) is 21.6. The van der Waals surface area contributed by atoms with E-state index >= 15 is 0 Å². The van der Waals surface area contributed by atoms with E-state index in [0.29, 0.717) is 34.6 Å². The van der Waals surface area contributed by atoms with Crippen LogP contribution in [0.1, 0.15) is 64.0 Å². The molecule has 9 heteroatoms. The number of unbranched alkanes of at least 4 members (excludes halogenated alkanes) is 3. The Bertz CT molecular complexity index is 1170. The summed E-state index contributed by atoms with van der Waals surface area (Å²) in [6.07, 6.45) is 4.83. The van der Waals surface area contributed by atoms with Gasteiger partial charge in [0.15, 0.2) is 11.5 Å². The van der Waals surface area contributed by atoms with Gasteiger partial charge >= 0.3 is 0 Å². The van der Waals surface area contributed by atoms with E-state index in [-0.39, 0.29) is 31.1 Å². The van der Waals surface area contributed by atoms with Crippen molar-refractivity contribution in [2.45, 2.75) is 58.4 Å². The molecule has 2 aromatic carbocycles. The summed E-state index contributed by atoms with van der Waals surface area (Å²) in [5, 5.41) is 12.2. The van der Waals surface area contributed by atoms with Gasteiger partial charge in [-0.15, -0.1) is 10.2 Å². The van der Waals surface area contributed by atoms with Crippen molar-refractivity contribution < 1.29 is 19.1 Å². The number of rotatable bonds is 12. The summed E-state index contributed by atoms with van der Waals surface area (Å²) in [4.78, 5) is 27.7. The van der Waals surface area contributed by atoms with Gasteiger partial charge in [0.25, 0.3) is 0 Å². The number of benzene rings is 2. The summed E-state index contributed by atoms with van der Waals surface area (Å²) < 4.78 is 10.8. The minimum atomic E-state index is -0.201. The van der Waals surface area contributed by atoms with Crippen LogP contribution in [0.25, 0.3) is 10.6 Å². The molecule has 1 aliphatic heterocycles. The Balaban J connectivity index is 1.36. The van der Waals surface area contributed by atoms with E-state index in [1.54, 1.807) is 0 Å². The van der Waals surface area contributed by atoms with Gasteiger partial charge in [-0.05, 0) is 37.1 Å². The van der Waals surface area contributed by atoms with Crippen LogP contribution in [0.2, 0.25) is 0 Å². The first-order chi connectivity index (χ1) is 17.5. The Kier molecular flexibility index (Phi) is 8.89. The lowest BCUT2D eigenvalue weighted by molar-refractivity contribution is -0.134. The highest BCUT2D eigenvalue weighted by molar-refractivity contribution is 7.18. The molecule has 4 rings (SSSR count). The van der Waals surface area contributed by atoms with E-state index in [1.165, 1.54) is 11.3 Å². The number of ether oxygens (including phenoxy) is 2. The summed E-state index contributed by atoms with van der Waals surface area (Å²) in [6, 6.07) is 15.4. The average Bonchev–Trinajstić information content (AvgIpc) is 3.56. The Morgan fingerprint density at radius 2 is 1.83 bits per heavy atom. The molecule has 190 valence electrons. The van der Waals surface area contributed by atoms with Crippen LogP contribution in [0.15, 0.2) is 48.5 Å². The van der Waals surface area contributed by atoms with Crippen molar-refractivity contribution in [2.24, 2.45) is 0 Å². The molecule has 0 saturated carbocycles. The highest BCUT2D eigenvalue weighted by Gasteiger charge is 2.22. The molecule has 0 spiro atoms. The number of amides is 2. The van der Waals surface area contributed by atoms with Crippen LogP contribution in [0, 0.1) is 0 Å². The normalized spacial score (nSPS) is 12.8. The molecular formula is C27H32N4O4S. The standard InChI is InChI=1S/C27H32N4O4S/c1-3-4-5-9-12-25(33)31(19(2)20-10-7-6-8-11-20)16-15-24(32)28-27-30-29-26(36-27)21-13-14-22-23(17-21)35-18-34-22/h6-8,10-11,13-14,17,19H,3-5,9,12,15-16,18H2,1-2H3,(H,28,30,32)/t19-/m0/s1. The number of hydrogen-bond donors (Lipinski definition) is 1. The molecule has 0 radical (unpaired) electrons. The average molecular weight is 509 g/mol. The van der Waals surface area contributed by atoms with Crippen molar-refractivity contribution >= 4 is 28.3 Å². The second-order valence-corrected chi connectivity index (χ2v) is 9.74. The molecular weight excluding hydrogens is 476 g/mol. The number of anilines is 1. The molecule has 2 amide bonds. The summed E-state index contributed by atoms with van der Waals surface area (Å²) in [7, 11) is 0. The summed E-state index contributed by atoms with van der Waals surface area (Å²) >= 11 is 1.29. The fraction of sp³-hybridized carbons (Fsp3) is 0.407. The van der Waals surface area contributed by atoms with E-state index in [0.717, 1.165) is 36.8 Å². The summed E-state index contributed by atoms with van der Waals surface area (Å²) in [6.45, 7) is 4.71.